The average molecular weight is 215 g/mol. The lowest BCUT2D eigenvalue weighted by Gasteiger charge is -1.98. The van der Waals surface area contributed by atoms with Crippen LogP contribution in [0.25, 0.3) is 0 Å². The van der Waals surface area contributed by atoms with Crippen LogP contribution in [0.2, 0.25) is 0 Å². The minimum Gasteiger partial charge on any atom is -0.478 e. The van der Waals surface area contributed by atoms with E-state index in [2.05, 4.69) is 0 Å². The van der Waals surface area contributed by atoms with Crippen LogP contribution in [0, 0.1) is 0 Å². The van der Waals surface area contributed by atoms with Crippen LogP contribution in [0.5, 0.6) is 0 Å². The average Bonchev–Trinajstić information content (AvgIpc) is 2.60. The van der Waals surface area contributed by atoms with Crippen molar-refractivity contribution in [2.75, 3.05) is 12.3 Å². The molecule has 0 aliphatic heterocycles. The summed E-state index contributed by atoms with van der Waals surface area (Å²) >= 11 is 1.63. The van der Waals surface area contributed by atoms with Gasteiger partial charge in [0, 0.05) is 0 Å². The molecule has 0 fully saturated rings. The highest BCUT2D eigenvalue weighted by Gasteiger charge is 2.12. The molecule has 0 spiro atoms. The first-order valence-electron chi connectivity index (χ1n) is 4.33. The van der Waals surface area contributed by atoms with Crippen molar-refractivity contribution >= 4 is 17.7 Å². The van der Waals surface area contributed by atoms with Crippen LogP contribution in [-0.2, 0) is 5.75 Å². The maximum Gasteiger partial charge on any atom is 0.339 e. The first-order chi connectivity index (χ1) is 6.75. The van der Waals surface area contributed by atoms with Gasteiger partial charge in [-0.15, -0.1) is 0 Å². The summed E-state index contributed by atoms with van der Waals surface area (Å²) in [6.45, 7) is 0.664. The van der Waals surface area contributed by atoms with Gasteiger partial charge in [-0.2, -0.15) is 11.8 Å². The van der Waals surface area contributed by atoms with E-state index < -0.39 is 5.97 Å². The van der Waals surface area contributed by atoms with Crippen molar-refractivity contribution in [3.63, 3.8) is 0 Å². The summed E-state index contributed by atoms with van der Waals surface area (Å²) in [5.74, 6) is 1.11. The van der Waals surface area contributed by atoms with Crippen LogP contribution < -0.4 is 5.73 Å². The summed E-state index contributed by atoms with van der Waals surface area (Å²) in [6, 6.07) is 1.47. The second-order valence-corrected chi connectivity index (χ2v) is 3.86. The lowest BCUT2D eigenvalue weighted by Crippen LogP contribution is -2.00. The monoisotopic (exact) mass is 215 g/mol. The van der Waals surface area contributed by atoms with Crippen LogP contribution in [-0.4, -0.2) is 23.4 Å². The summed E-state index contributed by atoms with van der Waals surface area (Å²) in [5.41, 5.74) is 5.59. The fraction of sp³-hybridized carbons (Fsp3) is 0.444. The number of carboxylic acids is 1. The highest BCUT2D eigenvalue weighted by molar-refractivity contribution is 7.98. The Kier molecular flexibility index (Phi) is 4.55. The summed E-state index contributed by atoms with van der Waals surface area (Å²) in [4.78, 5) is 10.7. The molecule has 0 saturated carbocycles. The third-order valence-electron chi connectivity index (χ3n) is 1.70. The molecule has 14 heavy (non-hydrogen) atoms. The minimum absolute atomic E-state index is 0.255. The van der Waals surface area contributed by atoms with Crippen molar-refractivity contribution in [3.8, 4) is 0 Å². The first kappa shape index (κ1) is 11.1. The predicted octanol–water partition coefficient (Wildman–Crippen LogP) is 1.56. The maximum absolute atomic E-state index is 10.7. The van der Waals surface area contributed by atoms with Crippen LogP contribution in [0.3, 0.4) is 0 Å². The number of carbonyl (C=O) groups is 1. The molecule has 0 saturated heterocycles. The molecule has 0 amide bonds. The topological polar surface area (TPSA) is 76.5 Å². The van der Waals surface area contributed by atoms with Crippen molar-refractivity contribution in [2.45, 2.75) is 12.2 Å². The molecule has 0 aliphatic carbocycles. The number of aromatic carboxylic acids is 1. The number of hydrogen-bond donors (Lipinski definition) is 2. The van der Waals surface area contributed by atoms with Crippen LogP contribution in [0.4, 0.5) is 0 Å². The number of thioether (sulfide) groups is 1. The van der Waals surface area contributed by atoms with Gasteiger partial charge in [0.05, 0.1) is 12.0 Å². The molecule has 0 aromatic carbocycles. The van der Waals surface area contributed by atoms with E-state index in [4.69, 9.17) is 15.3 Å². The largest absolute Gasteiger partial charge is 0.478 e. The fourth-order valence-corrected chi connectivity index (χ4v) is 1.92. The SMILES string of the molecule is NCCCSCc1occc1C(=O)O. The normalized spacial score (nSPS) is 10.4. The molecule has 0 bridgehead atoms. The number of furan rings is 1. The highest BCUT2D eigenvalue weighted by Crippen LogP contribution is 2.18. The molecule has 1 aromatic heterocycles. The van der Waals surface area contributed by atoms with Crippen LogP contribution in [0.1, 0.15) is 22.5 Å². The standard InChI is InChI=1S/C9H13NO3S/c10-3-1-5-14-6-8-7(9(11)12)2-4-13-8/h2,4H,1,3,5-6,10H2,(H,11,12). The van der Waals surface area contributed by atoms with E-state index in [9.17, 15) is 4.79 Å². The van der Waals surface area contributed by atoms with Gasteiger partial charge in [-0.05, 0) is 24.8 Å². The van der Waals surface area contributed by atoms with Gasteiger partial charge in [-0.25, -0.2) is 4.79 Å². The van der Waals surface area contributed by atoms with Crippen molar-refractivity contribution in [1.29, 1.82) is 0 Å². The van der Waals surface area contributed by atoms with Crippen molar-refractivity contribution in [2.24, 2.45) is 5.73 Å². The van der Waals surface area contributed by atoms with E-state index in [0.717, 1.165) is 12.2 Å². The maximum atomic E-state index is 10.7. The third kappa shape index (κ3) is 3.08. The molecule has 0 radical (unpaired) electrons. The molecule has 0 unspecified atom stereocenters. The zero-order chi connectivity index (χ0) is 10.4. The zero-order valence-electron chi connectivity index (χ0n) is 7.73. The summed E-state index contributed by atoms with van der Waals surface area (Å²) in [7, 11) is 0. The van der Waals surface area contributed by atoms with Gasteiger partial charge in [0.2, 0.25) is 0 Å². The Hall–Kier alpha value is -0.940. The van der Waals surface area contributed by atoms with E-state index in [1.54, 1.807) is 11.8 Å². The van der Waals surface area contributed by atoms with Crippen molar-refractivity contribution < 1.29 is 14.3 Å². The van der Waals surface area contributed by atoms with Gasteiger partial charge >= 0.3 is 5.97 Å². The molecule has 4 nitrogen and oxygen atoms in total. The molecular weight excluding hydrogens is 202 g/mol. The number of nitrogens with two attached hydrogens (primary N) is 1. The van der Waals surface area contributed by atoms with Gasteiger partial charge in [-0.3, -0.25) is 0 Å². The van der Waals surface area contributed by atoms with Gasteiger partial charge in [0.25, 0.3) is 0 Å². The Balaban J connectivity index is 2.42. The Morgan fingerprint density at radius 2 is 2.43 bits per heavy atom. The number of hydrogen-bond acceptors (Lipinski definition) is 4. The lowest BCUT2D eigenvalue weighted by atomic mass is 10.3. The Morgan fingerprint density at radius 1 is 1.64 bits per heavy atom. The molecular formula is C9H13NO3S. The number of carboxylic acid groups (broad SMARTS) is 1. The smallest absolute Gasteiger partial charge is 0.339 e. The predicted molar refractivity (Wildman–Crippen MR) is 55.5 cm³/mol. The molecule has 3 N–H and O–H groups in total. The molecule has 5 heteroatoms. The minimum atomic E-state index is -0.937. The van der Waals surface area contributed by atoms with Crippen LogP contribution >= 0.6 is 11.8 Å². The second-order valence-electron chi connectivity index (χ2n) is 2.76. The molecule has 0 aliphatic rings. The molecule has 1 aromatic rings. The molecule has 78 valence electrons. The van der Waals surface area contributed by atoms with Gasteiger partial charge in [0.15, 0.2) is 0 Å². The highest BCUT2D eigenvalue weighted by atomic mass is 32.2. The second kappa shape index (κ2) is 5.72. The Bertz CT molecular complexity index is 298. The molecule has 1 rings (SSSR count). The van der Waals surface area contributed by atoms with E-state index in [1.807, 2.05) is 0 Å². The third-order valence-corrected chi connectivity index (χ3v) is 2.75. The Labute approximate surface area is 86.5 Å². The number of rotatable bonds is 6. The zero-order valence-corrected chi connectivity index (χ0v) is 8.55. The molecule has 0 atom stereocenters. The van der Waals surface area contributed by atoms with Gasteiger partial charge < -0.3 is 15.3 Å². The summed E-state index contributed by atoms with van der Waals surface area (Å²) < 4.78 is 5.07. The van der Waals surface area contributed by atoms with Crippen molar-refractivity contribution in [3.05, 3.63) is 23.7 Å². The van der Waals surface area contributed by atoms with Gasteiger partial charge in [-0.1, -0.05) is 0 Å². The fourth-order valence-electron chi connectivity index (χ4n) is 0.993. The van der Waals surface area contributed by atoms with E-state index >= 15 is 0 Å². The Morgan fingerprint density at radius 3 is 3.07 bits per heavy atom. The van der Waals surface area contributed by atoms with E-state index in [1.165, 1.54) is 12.3 Å². The lowest BCUT2D eigenvalue weighted by molar-refractivity contribution is 0.0695. The van der Waals surface area contributed by atoms with E-state index in [-0.39, 0.29) is 5.56 Å². The molecule has 1 heterocycles. The van der Waals surface area contributed by atoms with Gasteiger partial charge in [0.1, 0.15) is 11.3 Å². The van der Waals surface area contributed by atoms with E-state index in [0.29, 0.717) is 18.1 Å². The van der Waals surface area contributed by atoms with Crippen molar-refractivity contribution in [1.82, 2.24) is 0 Å². The summed E-state index contributed by atoms with van der Waals surface area (Å²) in [5, 5.41) is 8.77. The quantitative estimate of drug-likeness (QED) is 0.704. The van der Waals surface area contributed by atoms with Crippen LogP contribution in [0.15, 0.2) is 16.7 Å². The first-order valence-corrected chi connectivity index (χ1v) is 5.48. The summed E-state index contributed by atoms with van der Waals surface area (Å²) in [6.07, 6.45) is 2.34.